The Balaban J connectivity index is 1.66. The first-order valence-electron chi connectivity index (χ1n) is 8.98. The maximum atomic E-state index is 13.6. The van der Waals surface area contributed by atoms with Gasteiger partial charge in [0.2, 0.25) is 0 Å². The Hall–Kier alpha value is -0.890. The third-order valence-electron chi connectivity index (χ3n) is 4.57. The molecule has 4 nitrogen and oxygen atoms in total. The lowest BCUT2D eigenvalue weighted by Gasteiger charge is -2.20. The lowest BCUT2D eigenvalue weighted by atomic mass is 10.1. The molecule has 9 heteroatoms. The molecule has 0 saturated carbocycles. The molecule has 3 atom stereocenters. The van der Waals surface area contributed by atoms with Gasteiger partial charge in [-0.2, -0.15) is 0 Å². The van der Waals surface area contributed by atoms with Gasteiger partial charge in [-0.15, -0.1) is 0 Å². The third-order valence-corrected chi connectivity index (χ3v) is 5.74. The molecule has 0 amide bonds. The standard InChI is InChI=1S/C21H19Cl4FO4/c1-27-21-16(8-26)20(29-10-13-3-5-15(23)7-18(13)25)19(30-21)11-28-9-12-2-4-14(22)6-17(12)24/h2-8,19-21H,9-11H2,1H3/b16-8-/t19-,20+,21-/m1/s1. The van der Waals surface area contributed by atoms with Crippen LogP contribution in [0.3, 0.4) is 0 Å². The van der Waals surface area contributed by atoms with Crippen molar-refractivity contribution >= 4 is 46.4 Å². The van der Waals surface area contributed by atoms with Crippen molar-refractivity contribution in [1.29, 1.82) is 0 Å². The molecule has 3 rings (SSSR count). The molecule has 1 aliphatic rings. The molecule has 1 aliphatic heterocycles. The predicted molar refractivity (Wildman–Crippen MR) is 116 cm³/mol. The molecule has 1 saturated heterocycles. The van der Waals surface area contributed by atoms with Gasteiger partial charge in [0, 0.05) is 32.8 Å². The van der Waals surface area contributed by atoms with Crippen LogP contribution >= 0.6 is 46.4 Å². The minimum absolute atomic E-state index is 0.134. The molecule has 30 heavy (non-hydrogen) atoms. The molecule has 1 heterocycles. The minimum Gasteiger partial charge on any atom is -0.374 e. The van der Waals surface area contributed by atoms with Crippen molar-refractivity contribution in [2.75, 3.05) is 13.7 Å². The van der Waals surface area contributed by atoms with Crippen molar-refractivity contribution in [3.05, 3.63) is 79.5 Å². The maximum Gasteiger partial charge on any atom is 0.185 e. The largest absolute Gasteiger partial charge is 0.374 e. The van der Waals surface area contributed by atoms with Crippen LogP contribution in [0.2, 0.25) is 20.1 Å². The van der Waals surface area contributed by atoms with E-state index in [0.717, 1.165) is 5.56 Å². The number of methoxy groups -OCH3 is 1. The lowest BCUT2D eigenvalue weighted by Crippen LogP contribution is -2.30. The zero-order valence-electron chi connectivity index (χ0n) is 15.9. The second-order valence-corrected chi connectivity index (χ2v) is 8.26. The summed E-state index contributed by atoms with van der Waals surface area (Å²) < 4.78 is 36.2. The summed E-state index contributed by atoms with van der Waals surface area (Å²) in [5.41, 5.74) is 1.72. The van der Waals surface area contributed by atoms with Crippen LogP contribution in [-0.4, -0.2) is 32.2 Å². The second kappa shape index (κ2) is 11.1. The van der Waals surface area contributed by atoms with Gasteiger partial charge in [0.15, 0.2) is 6.29 Å². The molecular weight excluding hydrogens is 477 g/mol. The van der Waals surface area contributed by atoms with Gasteiger partial charge in [-0.05, 0) is 35.4 Å². The Morgan fingerprint density at radius 1 is 0.967 bits per heavy atom. The highest BCUT2D eigenvalue weighted by atomic mass is 35.5. The van der Waals surface area contributed by atoms with Crippen LogP contribution in [0.5, 0.6) is 0 Å². The van der Waals surface area contributed by atoms with E-state index >= 15 is 0 Å². The molecule has 1 fully saturated rings. The SMILES string of the molecule is CO[C@@H]1O[C@H](COCc2ccc(Cl)cc2Cl)[C@@H](OCc2ccc(Cl)cc2Cl)/C1=C/F. The van der Waals surface area contributed by atoms with E-state index in [1.165, 1.54) is 7.11 Å². The van der Waals surface area contributed by atoms with Crippen LogP contribution in [0.1, 0.15) is 11.1 Å². The topological polar surface area (TPSA) is 36.9 Å². The van der Waals surface area contributed by atoms with Crippen LogP contribution in [0, 0.1) is 0 Å². The zero-order chi connectivity index (χ0) is 21.7. The van der Waals surface area contributed by atoms with Gasteiger partial charge in [0.1, 0.15) is 12.2 Å². The average molecular weight is 496 g/mol. The Kier molecular flexibility index (Phi) is 8.81. The van der Waals surface area contributed by atoms with Crippen molar-refractivity contribution in [2.45, 2.75) is 31.7 Å². The van der Waals surface area contributed by atoms with Crippen molar-refractivity contribution in [3.8, 4) is 0 Å². The number of rotatable bonds is 8. The Morgan fingerprint density at radius 2 is 1.57 bits per heavy atom. The molecule has 2 aromatic rings. The number of benzene rings is 2. The van der Waals surface area contributed by atoms with Crippen LogP contribution in [0.15, 0.2) is 48.3 Å². The molecule has 0 unspecified atom stereocenters. The lowest BCUT2D eigenvalue weighted by molar-refractivity contribution is -0.133. The normalized spacial score (nSPS) is 22.7. The summed E-state index contributed by atoms with van der Waals surface area (Å²) in [7, 11) is 1.43. The van der Waals surface area contributed by atoms with Gasteiger partial charge >= 0.3 is 0 Å². The van der Waals surface area contributed by atoms with Crippen molar-refractivity contribution in [3.63, 3.8) is 0 Å². The first-order chi connectivity index (χ1) is 14.4. The van der Waals surface area contributed by atoms with Crippen LogP contribution in [0.4, 0.5) is 4.39 Å². The van der Waals surface area contributed by atoms with Gasteiger partial charge in [-0.1, -0.05) is 58.5 Å². The summed E-state index contributed by atoms with van der Waals surface area (Å²) in [5, 5.41) is 2.02. The molecule has 2 aromatic carbocycles. The summed E-state index contributed by atoms with van der Waals surface area (Å²) in [6, 6.07) is 10.2. The molecule has 0 radical (unpaired) electrons. The van der Waals surface area contributed by atoms with Gasteiger partial charge in [-0.25, -0.2) is 4.39 Å². The van der Waals surface area contributed by atoms with E-state index in [-0.39, 0.29) is 25.4 Å². The fourth-order valence-corrected chi connectivity index (χ4v) is 3.96. The quantitative estimate of drug-likeness (QED) is 0.412. The molecule has 0 N–H and O–H groups in total. The van der Waals surface area contributed by atoms with Crippen LogP contribution in [-0.2, 0) is 32.2 Å². The highest BCUT2D eigenvalue weighted by Crippen LogP contribution is 2.32. The Labute approximate surface area is 194 Å². The summed E-state index contributed by atoms with van der Waals surface area (Å²) in [4.78, 5) is 0. The van der Waals surface area contributed by atoms with Crippen molar-refractivity contribution in [1.82, 2.24) is 0 Å². The van der Waals surface area contributed by atoms with E-state index in [2.05, 4.69) is 0 Å². The van der Waals surface area contributed by atoms with E-state index in [9.17, 15) is 4.39 Å². The minimum atomic E-state index is -0.867. The molecule has 162 valence electrons. The second-order valence-electron chi connectivity index (χ2n) is 6.57. The van der Waals surface area contributed by atoms with E-state index in [1.807, 2.05) is 0 Å². The summed E-state index contributed by atoms with van der Waals surface area (Å²) >= 11 is 24.2. The van der Waals surface area contributed by atoms with E-state index < -0.39 is 18.5 Å². The number of hydrogen-bond donors (Lipinski definition) is 0. The average Bonchev–Trinajstić information content (AvgIpc) is 3.05. The smallest absolute Gasteiger partial charge is 0.185 e. The molecule has 0 aromatic heterocycles. The van der Waals surface area contributed by atoms with Crippen molar-refractivity contribution < 1.29 is 23.3 Å². The van der Waals surface area contributed by atoms with E-state index in [0.29, 0.717) is 32.0 Å². The predicted octanol–water partition coefficient (Wildman–Crippen LogP) is 6.63. The summed E-state index contributed by atoms with van der Waals surface area (Å²) in [6.07, 6.45) is -1.73. The highest BCUT2D eigenvalue weighted by Gasteiger charge is 2.41. The number of hydrogen-bond acceptors (Lipinski definition) is 4. The monoisotopic (exact) mass is 494 g/mol. The fourth-order valence-electron chi connectivity index (χ4n) is 3.03. The van der Waals surface area contributed by atoms with E-state index in [4.69, 9.17) is 65.4 Å². The number of halogens is 5. The maximum absolute atomic E-state index is 13.6. The molecular formula is C21H19Cl4FO4. The van der Waals surface area contributed by atoms with Gasteiger partial charge in [0.05, 0.1) is 26.2 Å². The first-order valence-corrected chi connectivity index (χ1v) is 10.5. The molecule has 0 aliphatic carbocycles. The Bertz CT molecular complexity index is 909. The summed E-state index contributed by atoms with van der Waals surface area (Å²) in [6.45, 7) is 0.504. The number of ether oxygens (including phenoxy) is 4. The first kappa shape index (κ1) is 23.8. The van der Waals surface area contributed by atoms with Crippen LogP contribution < -0.4 is 0 Å². The summed E-state index contributed by atoms with van der Waals surface area (Å²) in [5.74, 6) is 0. The van der Waals surface area contributed by atoms with Gasteiger partial charge < -0.3 is 18.9 Å². The Morgan fingerprint density at radius 3 is 2.10 bits per heavy atom. The van der Waals surface area contributed by atoms with Crippen molar-refractivity contribution in [2.24, 2.45) is 0 Å². The van der Waals surface area contributed by atoms with Gasteiger partial charge in [0.25, 0.3) is 0 Å². The molecule has 0 bridgehead atoms. The highest BCUT2D eigenvalue weighted by molar-refractivity contribution is 6.35. The molecule has 0 spiro atoms. The fraction of sp³-hybridized carbons (Fsp3) is 0.333. The zero-order valence-corrected chi connectivity index (χ0v) is 18.9. The third kappa shape index (κ3) is 5.87. The van der Waals surface area contributed by atoms with Crippen LogP contribution in [0.25, 0.3) is 0 Å². The van der Waals surface area contributed by atoms with E-state index in [1.54, 1.807) is 36.4 Å². The van der Waals surface area contributed by atoms with Gasteiger partial charge in [-0.3, -0.25) is 0 Å².